The SMILES string of the molecule is CC(C)CN1CCN(C(=O)C2NCCC2C)CC1. The first-order chi connectivity index (χ1) is 8.58. The molecule has 2 fully saturated rings. The van der Waals surface area contributed by atoms with Gasteiger partial charge in [0.25, 0.3) is 0 Å². The van der Waals surface area contributed by atoms with Gasteiger partial charge in [-0.3, -0.25) is 9.69 Å². The number of nitrogens with one attached hydrogen (secondary N) is 1. The monoisotopic (exact) mass is 253 g/mol. The predicted molar refractivity (Wildman–Crippen MR) is 73.4 cm³/mol. The van der Waals surface area contributed by atoms with Gasteiger partial charge in [0.2, 0.25) is 5.91 Å². The van der Waals surface area contributed by atoms with E-state index >= 15 is 0 Å². The van der Waals surface area contributed by atoms with Crippen LogP contribution in [0, 0.1) is 11.8 Å². The Labute approximate surface area is 111 Å². The molecular formula is C14H27N3O. The first kappa shape index (κ1) is 13.8. The summed E-state index contributed by atoms with van der Waals surface area (Å²) in [6, 6.07) is 0.0710. The van der Waals surface area contributed by atoms with Crippen molar-refractivity contribution in [2.75, 3.05) is 39.3 Å². The van der Waals surface area contributed by atoms with Crippen LogP contribution in [0.5, 0.6) is 0 Å². The van der Waals surface area contributed by atoms with Gasteiger partial charge in [-0.2, -0.15) is 0 Å². The van der Waals surface area contributed by atoms with Gasteiger partial charge in [-0.05, 0) is 24.8 Å². The van der Waals surface area contributed by atoms with E-state index in [4.69, 9.17) is 0 Å². The van der Waals surface area contributed by atoms with Crippen LogP contribution in [-0.2, 0) is 4.79 Å². The molecule has 2 unspecified atom stereocenters. The van der Waals surface area contributed by atoms with Crippen LogP contribution in [0.25, 0.3) is 0 Å². The highest BCUT2D eigenvalue weighted by molar-refractivity contribution is 5.82. The van der Waals surface area contributed by atoms with Crippen LogP contribution in [-0.4, -0.2) is 61.0 Å². The molecule has 2 atom stereocenters. The maximum Gasteiger partial charge on any atom is 0.240 e. The zero-order valence-corrected chi connectivity index (χ0v) is 12.0. The van der Waals surface area contributed by atoms with Crippen LogP contribution >= 0.6 is 0 Å². The molecule has 2 rings (SSSR count). The Kier molecular flexibility index (Phi) is 4.62. The number of piperazine rings is 1. The third kappa shape index (κ3) is 3.23. The normalized spacial score (nSPS) is 30.1. The van der Waals surface area contributed by atoms with Crippen molar-refractivity contribution in [1.82, 2.24) is 15.1 Å². The highest BCUT2D eigenvalue weighted by Gasteiger charge is 2.33. The molecule has 2 saturated heterocycles. The van der Waals surface area contributed by atoms with E-state index in [9.17, 15) is 4.79 Å². The molecule has 0 spiro atoms. The van der Waals surface area contributed by atoms with E-state index in [2.05, 4.69) is 35.9 Å². The summed E-state index contributed by atoms with van der Waals surface area (Å²) in [4.78, 5) is 16.9. The van der Waals surface area contributed by atoms with Crippen LogP contribution in [0.4, 0.5) is 0 Å². The lowest BCUT2D eigenvalue weighted by Crippen LogP contribution is -2.54. The standard InChI is InChI=1S/C14H27N3O/c1-11(2)10-16-6-8-17(9-7-16)14(18)13-12(3)4-5-15-13/h11-13,15H,4-10H2,1-3H3. The highest BCUT2D eigenvalue weighted by atomic mass is 16.2. The molecule has 4 heteroatoms. The minimum atomic E-state index is 0.0710. The third-order valence-corrected chi connectivity index (χ3v) is 4.11. The fourth-order valence-electron chi connectivity index (χ4n) is 3.03. The number of nitrogens with zero attached hydrogens (tertiary/aromatic N) is 2. The Morgan fingerprint density at radius 3 is 2.44 bits per heavy atom. The maximum absolute atomic E-state index is 12.4. The predicted octanol–water partition coefficient (Wildman–Crippen LogP) is 0.785. The summed E-state index contributed by atoms with van der Waals surface area (Å²) < 4.78 is 0. The quantitative estimate of drug-likeness (QED) is 0.807. The summed E-state index contributed by atoms with van der Waals surface area (Å²) in [5.74, 6) is 1.53. The van der Waals surface area contributed by atoms with Crippen molar-refractivity contribution >= 4 is 5.91 Å². The van der Waals surface area contributed by atoms with E-state index in [0.717, 1.165) is 45.7 Å². The van der Waals surface area contributed by atoms with Crippen LogP contribution in [0.15, 0.2) is 0 Å². The Bertz CT molecular complexity index is 285. The van der Waals surface area contributed by atoms with Crippen LogP contribution in [0.2, 0.25) is 0 Å². The molecule has 0 bridgehead atoms. The largest absolute Gasteiger partial charge is 0.339 e. The first-order valence-corrected chi connectivity index (χ1v) is 7.32. The van der Waals surface area contributed by atoms with E-state index in [-0.39, 0.29) is 6.04 Å². The van der Waals surface area contributed by atoms with Crippen molar-refractivity contribution in [3.63, 3.8) is 0 Å². The van der Waals surface area contributed by atoms with Gasteiger partial charge >= 0.3 is 0 Å². The number of amides is 1. The molecule has 0 aromatic carbocycles. The Morgan fingerprint density at radius 2 is 1.94 bits per heavy atom. The van der Waals surface area contributed by atoms with Crippen molar-refractivity contribution in [2.45, 2.75) is 33.2 Å². The lowest BCUT2D eigenvalue weighted by Gasteiger charge is -2.37. The smallest absolute Gasteiger partial charge is 0.240 e. The van der Waals surface area contributed by atoms with Gasteiger partial charge < -0.3 is 10.2 Å². The summed E-state index contributed by atoms with van der Waals surface area (Å²) in [5.41, 5.74) is 0. The molecule has 2 aliphatic heterocycles. The van der Waals surface area contributed by atoms with Crippen molar-refractivity contribution in [3.05, 3.63) is 0 Å². The lowest BCUT2D eigenvalue weighted by molar-refractivity contribution is -0.135. The van der Waals surface area contributed by atoms with Crippen molar-refractivity contribution in [3.8, 4) is 0 Å². The summed E-state index contributed by atoms with van der Waals surface area (Å²) in [6.07, 6.45) is 1.13. The van der Waals surface area contributed by atoms with Gasteiger partial charge in [-0.1, -0.05) is 20.8 Å². The van der Waals surface area contributed by atoms with Gasteiger partial charge in [0.05, 0.1) is 6.04 Å². The number of hydrogen-bond acceptors (Lipinski definition) is 3. The fraction of sp³-hybridized carbons (Fsp3) is 0.929. The maximum atomic E-state index is 12.4. The molecule has 104 valence electrons. The molecule has 4 nitrogen and oxygen atoms in total. The zero-order valence-electron chi connectivity index (χ0n) is 12.0. The number of rotatable bonds is 3. The van der Waals surface area contributed by atoms with Crippen molar-refractivity contribution in [1.29, 1.82) is 0 Å². The molecule has 0 aromatic heterocycles. The fourth-order valence-corrected chi connectivity index (χ4v) is 3.03. The van der Waals surface area contributed by atoms with Gasteiger partial charge in [0.1, 0.15) is 0 Å². The molecule has 18 heavy (non-hydrogen) atoms. The molecular weight excluding hydrogens is 226 g/mol. The number of carbonyl (C=O) groups excluding carboxylic acids is 1. The van der Waals surface area contributed by atoms with Gasteiger partial charge in [0, 0.05) is 32.7 Å². The molecule has 2 heterocycles. The molecule has 1 amide bonds. The average molecular weight is 253 g/mol. The summed E-state index contributed by atoms with van der Waals surface area (Å²) >= 11 is 0. The Morgan fingerprint density at radius 1 is 1.28 bits per heavy atom. The van der Waals surface area contributed by atoms with Crippen molar-refractivity contribution in [2.24, 2.45) is 11.8 Å². The molecule has 1 N–H and O–H groups in total. The van der Waals surface area contributed by atoms with E-state index < -0.39 is 0 Å². The molecule has 0 radical (unpaired) electrons. The second-order valence-corrected chi connectivity index (χ2v) is 6.22. The number of carbonyl (C=O) groups is 1. The lowest BCUT2D eigenvalue weighted by atomic mass is 10.0. The van der Waals surface area contributed by atoms with E-state index in [0.29, 0.717) is 17.7 Å². The van der Waals surface area contributed by atoms with Crippen LogP contribution in [0.3, 0.4) is 0 Å². The summed E-state index contributed by atoms with van der Waals surface area (Å²) in [7, 11) is 0. The van der Waals surface area contributed by atoms with Crippen LogP contribution in [0.1, 0.15) is 27.2 Å². The van der Waals surface area contributed by atoms with Crippen LogP contribution < -0.4 is 5.32 Å². The second kappa shape index (κ2) is 6.02. The van der Waals surface area contributed by atoms with Gasteiger partial charge in [-0.25, -0.2) is 0 Å². The first-order valence-electron chi connectivity index (χ1n) is 7.32. The number of hydrogen-bond donors (Lipinski definition) is 1. The second-order valence-electron chi connectivity index (χ2n) is 6.22. The summed E-state index contributed by atoms with van der Waals surface area (Å²) in [5, 5.41) is 3.34. The topological polar surface area (TPSA) is 35.6 Å². The van der Waals surface area contributed by atoms with E-state index in [1.807, 2.05) is 0 Å². The summed E-state index contributed by atoms with van der Waals surface area (Å²) in [6.45, 7) is 12.7. The third-order valence-electron chi connectivity index (χ3n) is 4.11. The van der Waals surface area contributed by atoms with Gasteiger partial charge in [-0.15, -0.1) is 0 Å². The average Bonchev–Trinajstić information content (AvgIpc) is 2.75. The minimum Gasteiger partial charge on any atom is -0.339 e. The Hall–Kier alpha value is -0.610. The minimum absolute atomic E-state index is 0.0710. The zero-order chi connectivity index (χ0) is 13.1. The van der Waals surface area contributed by atoms with E-state index in [1.54, 1.807) is 0 Å². The Balaban J connectivity index is 1.80. The molecule has 0 aliphatic carbocycles. The van der Waals surface area contributed by atoms with Gasteiger partial charge in [0.15, 0.2) is 0 Å². The highest BCUT2D eigenvalue weighted by Crippen LogP contribution is 2.17. The molecule has 0 aromatic rings. The molecule has 2 aliphatic rings. The van der Waals surface area contributed by atoms with E-state index in [1.165, 1.54) is 0 Å². The molecule has 0 saturated carbocycles. The van der Waals surface area contributed by atoms with Crippen molar-refractivity contribution < 1.29 is 4.79 Å².